The van der Waals surface area contributed by atoms with Crippen LogP contribution in [0.15, 0.2) is 61.3 Å². The Morgan fingerprint density at radius 1 is 0.862 bits per heavy atom. The fraction of sp³-hybridized carbons (Fsp3) is 0.261. The Morgan fingerprint density at radius 2 is 1.62 bits per heavy atom. The van der Waals surface area contributed by atoms with Crippen molar-refractivity contribution in [1.29, 1.82) is 0 Å². The molecule has 5 rings (SSSR count). The molecule has 0 bridgehead atoms. The minimum absolute atomic E-state index is 0.0160. The van der Waals surface area contributed by atoms with Gasteiger partial charge in [-0.05, 0) is 49.2 Å². The molecule has 0 spiro atoms. The molecule has 1 aliphatic heterocycles. The minimum Gasteiger partial charge on any atom is -0.508 e. The van der Waals surface area contributed by atoms with Crippen LogP contribution >= 0.6 is 0 Å². The standard InChI is InChI=1S/C23H23N5O/c29-21-9-8-20-19(14-26-27-20)22(21)23(28-10-2-1-3-11-28)17-6-4-16(5-7-17)18-12-24-15-25-13-18/h4-9,12-15,23,29H,1-3,10-11H2,(H,26,27). The molecule has 0 radical (unpaired) electrons. The Labute approximate surface area is 169 Å². The van der Waals surface area contributed by atoms with Crippen LogP contribution in [0.5, 0.6) is 5.75 Å². The number of phenols is 1. The third kappa shape index (κ3) is 3.36. The van der Waals surface area contributed by atoms with Crippen LogP contribution < -0.4 is 0 Å². The zero-order valence-corrected chi connectivity index (χ0v) is 16.1. The number of benzene rings is 2. The Hall–Kier alpha value is -3.25. The number of fused-ring (bicyclic) bond motifs is 1. The van der Waals surface area contributed by atoms with Gasteiger partial charge in [0.25, 0.3) is 0 Å². The highest BCUT2D eigenvalue weighted by molar-refractivity contribution is 5.85. The molecular weight excluding hydrogens is 362 g/mol. The first-order chi connectivity index (χ1) is 14.3. The number of piperidine rings is 1. The molecule has 2 aromatic carbocycles. The fourth-order valence-corrected chi connectivity index (χ4v) is 4.36. The molecule has 2 aromatic heterocycles. The van der Waals surface area contributed by atoms with E-state index in [-0.39, 0.29) is 6.04 Å². The second-order valence-corrected chi connectivity index (χ2v) is 7.58. The van der Waals surface area contributed by atoms with Gasteiger partial charge < -0.3 is 5.11 Å². The fourth-order valence-electron chi connectivity index (χ4n) is 4.36. The van der Waals surface area contributed by atoms with E-state index in [2.05, 4.69) is 49.3 Å². The van der Waals surface area contributed by atoms with Crippen molar-refractivity contribution in [2.75, 3.05) is 13.1 Å². The second kappa shape index (κ2) is 7.64. The molecule has 4 aromatic rings. The van der Waals surface area contributed by atoms with Crippen molar-refractivity contribution in [3.05, 3.63) is 72.4 Å². The van der Waals surface area contributed by atoms with Crippen molar-refractivity contribution >= 4 is 10.9 Å². The minimum atomic E-state index is -0.0160. The molecule has 146 valence electrons. The summed E-state index contributed by atoms with van der Waals surface area (Å²) in [6.45, 7) is 2.04. The van der Waals surface area contributed by atoms with E-state index in [0.29, 0.717) is 5.75 Å². The number of nitrogens with one attached hydrogen (secondary N) is 1. The highest BCUT2D eigenvalue weighted by atomic mass is 16.3. The Bertz CT molecular complexity index is 1100. The van der Waals surface area contributed by atoms with Gasteiger partial charge in [-0.2, -0.15) is 5.10 Å². The average molecular weight is 385 g/mol. The van der Waals surface area contributed by atoms with Crippen molar-refractivity contribution in [1.82, 2.24) is 25.1 Å². The zero-order chi connectivity index (χ0) is 19.6. The monoisotopic (exact) mass is 385 g/mol. The maximum atomic E-state index is 10.8. The summed E-state index contributed by atoms with van der Waals surface area (Å²) in [6, 6.07) is 12.2. The van der Waals surface area contributed by atoms with E-state index in [1.807, 2.05) is 24.7 Å². The van der Waals surface area contributed by atoms with E-state index in [1.54, 1.807) is 12.4 Å². The Balaban J connectivity index is 1.61. The lowest BCUT2D eigenvalue weighted by atomic mass is 9.91. The highest BCUT2D eigenvalue weighted by Crippen LogP contribution is 2.40. The molecule has 0 amide bonds. The van der Waals surface area contributed by atoms with E-state index in [1.165, 1.54) is 19.3 Å². The number of phenolic OH excluding ortho intramolecular Hbond substituents is 1. The maximum absolute atomic E-state index is 10.8. The number of hydrogen-bond acceptors (Lipinski definition) is 5. The van der Waals surface area contributed by atoms with Gasteiger partial charge in [0.15, 0.2) is 0 Å². The third-order valence-electron chi connectivity index (χ3n) is 5.79. The van der Waals surface area contributed by atoms with E-state index in [9.17, 15) is 5.11 Å². The lowest BCUT2D eigenvalue weighted by Gasteiger charge is -2.35. The summed E-state index contributed by atoms with van der Waals surface area (Å²) in [5.41, 5.74) is 5.11. The van der Waals surface area contributed by atoms with Crippen LogP contribution in [0.4, 0.5) is 0 Å². The number of aromatic amines is 1. The third-order valence-corrected chi connectivity index (χ3v) is 5.79. The first-order valence-corrected chi connectivity index (χ1v) is 10.1. The van der Waals surface area contributed by atoms with Gasteiger partial charge in [0.05, 0.1) is 17.8 Å². The predicted octanol–water partition coefficient (Wildman–Crippen LogP) is 4.30. The number of nitrogens with zero attached hydrogens (tertiary/aromatic N) is 4. The van der Waals surface area contributed by atoms with Crippen LogP contribution in [0.3, 0.4) is 0 Å². The van der Waals surface area contributed by atoms with Gasteiger partial charge in [0.1, 0.15) is 12.1 Å². The van der Waals surface area contributed by atoms with Gasteiger partial charge in [-0.25, -0.2) is 9.97 Å². The molecule has 1 aliphatic rings. The predicted molar refractivity (Wildman–Crippen MR) is 112 cm³/mol. The van der Waals surface area contributed by atoms with Crippen LogP contribution in [0, 0.1) is 0 Å². The molecule has 2 N–H and O–H groups in total. The number of hydrogen-bond donors (Lipinski definition) is 2. The SMILES string of the molecule is Oc1ccc2[nH]ncc2c1C(c1ccc(-c2cncnc2)cc1)N1CCCCC1. The summed E-state index contributed by atoms with van der Waals surface area (Å²) in [5, 5.41) is 19.1. The molecule has 6 nitrogen and oxygen atoms in total. The van der Waals surface area contributed by atoms with Gasteiger partial charge in [0, 0.05) is 28.9 Å². The molecular formula is C23H23N5O. The highest BCUT2D eigenvalue weighted by Gasteiger charge is 2.28. The van der Waals surface area contributed by atoms with Crippen molar-refractivity contribution in [3.8, 4) is 16.9 Å². The molecule has 0 saturated carbocycles. The summed E-state index contributed by atoms with van der Waals surface area (Å²) in [5.74, 6) is 0.315. The summed E-state index contributed by atoms with van der Waals surface area (Å²) in [6.07, 6.45) is 10.6. The Kier molecular flexibility index (Phi) is 4.69. The van der Waals surface area contributed by atoms with Crippen LogP contribution in [-0.2, 0) is 0 Å². The zero-order valence-electron chi connectivity index (χ0n) is 16.1. The van der Waals surface area contributed by atoms with Crippen LogP contribution in [0.25, 0.3) is 22.0 Å². The van der Waals surface area contributed by atoms with Crippen molar-refractivity contribution in [2.45, 2.75) is 25.3 Å². The van der Waals surface area contributed by atoms with Gasteiger partial charge in [0.2, 0.25) is 0 Å². The molecule has 29 heavy (non-hydrogen) atoms. The topological polar surface area (TPSA) is 77.9 Å². The van der Waals surface area contributed by atoms with Crippen LogP contribution in [-0.4, -0.2) is 43.3 Å². The Morgan fingerprint density at radius 3 is 2.38 bits per heavy atom. The van der Waals surface area contributed by atoms with Crippen molar-refractivity contribution in [3.63, 3.8) is 0 Å². The first-order valence-electron chi connectivity index (χ1n) is 10.1. The number of likely N-dealkylation sites (tertiary alicyclic amines) is 1. The lowest BCUT2D eigenvalue weighted by molar-refractivity contribution is 0.186. The van der Waals surface area contributed by atoms with E-state index >= 15 is 0 Å². The summed E-state index contributed by atoms with van der Waals surface area (Å²) < 4.78 is 0. The molecule has 1 unspecified atom stereocenters. The number of rotatable bonds is 4. The maximum Gasteiger partial charge on any atom is 0.121 e. The van der Waals surface area contributed by atoms with E-state index < -0.39 is 0 Å². The van der Waals surface area contributed by atoms with Crippen molar-refractivity contribution in [2.24, 2.45) is 0 Å². The smallest absolute Gasteiger partial charge is 0.121 e. The van der Waals surface area contributed by atoms with E-state index in [0.717, 1.165) is 46.2 Å². The molecule has 6 heteroatoms. The lowest BCUT2D eigenvalue weighted by Crippen LogP contribution is -2.34. The molecule has 1 atom stereocenters. The first kappa shape index (κ1) is 17.8. The summed E-state index contributed by atoms with van der Waals surface area (Å²) >= 11 is 0. The normalized spacial score (nSPS) is 16.1. The molecule has 1 saturated heterocycles. The van der Waals surface area contributed by atoms with Gasteiger partial charge in [-0.15, -0.1) is 0 Å². The van der Waals surface area contributed by atoms with Crippen LogP contribution in [0.2, 0.25) is 0 Å². The largest absolute Gasteiger partial charge is 0.508 e. The van der Waals surface area contributed by atoms with Crippen LogP contribution in [0.1, 0.15) is 36.4 Å². The molecule has 1 fully saturated rings. The second-order valence-electron chi connectivity index (χ2n) is 7.58. The summed E-state index contributed by atoms with van der Waals surface area (Å²) in [7, 11) is 0. The number of aromatic nitrogens is 4. The van der Waals surface area contributed by atoms with Gasteiger partial charge >= 0.3 is 0 Å². The quantitative estimate of drug-likeness (QED) is 0.548. The summed E-state index contributed by atoms with van der Waals surface area (Å²) in [4.78, 5) is 10.7. The number of H-pyrrole nitrogens is 1. The van der Waals surface area contributed by atoms with Crippen molar-refractivity contribution < 1.29 is 5.11 Å². The molecule has 0 aliphatic carbocycles. The number of aromatic hydroxyl groups is 1. The van der Waals surface area contributed by atoms with E-state index in [4.69, 9.17) is 0 Å². The van der Waals surface area contributed by atoms with Gasteiger partial charge in [-0.3, -0.25) is 10.00 Å². The van der Waals surface area contributed by atoms with Gasteiger partial charge in [-0.1, -0.05) is 30.7 Å². The molecule has 3 heterocycles. The average Bonchev–Trinajstić information content (AvgIpc) is 3.26.